The molecule has 0 bridgehead atoms. The number of nitrogens with zero attached hydrogens (tertiary/aromatic N) is 4. The minimum atomic E-state index is 0.324. The van der Waals surface area contributed by atoms with Crippen LogP contribution in [0.3, 0.4) is 0 Å². The molecule has 0 atom stereocenters. The maximum Gasteiger partial charge on any atom is 0.0741 e. The summed E-state index contributed by atoms with van der Waals surface area (Å²) in [7, 11) is 0. The summed E-state index contributed by atoms with van der Waals surface area (Å²) in [6.45, 7) is 6.50. The Hall–Kier alpha value is -2.40. The van der Waals surface area contributed by atoms with Gasteiger partial charge in [0.15, 0.2) is 0 Å². The molecule has 0 N–H and O–H groups in total. The first-order valence-corrected chi connectivity index (χ1v) is 9.69. The molecule has 0 aliphatic carbocycles. The van der Waals surface area contributed by atoms with Crippen LogP contribution < -0.4 is 0 Å². The van der Waals surface area contributed by atoms with Crippen molar-refractivity contribution < 1.29 is 0 Å². The summed E-state index contributed by atoms with van der Waals surface area (Å²) in [6, 6.07) is 17.2. The van der Waals surface area contributed by atoms with Crippen molar-refractivity contribution >= 4 is 26.8 Å². The van der Waals surface area contributed by atoms with Crippen LogP contribution in [0.1, 0.15) is 32.5 Å². The molecule has 0 fully saturated rings. The Morgan fingerprint density at radius 3 is 2.50 bits per heavy atom. The average molecular weight is 409 g/mol. The van der Waals surface area contributed by atoms with Gasteiger partial charge in [0.2, 0.25) is 0 Å². The Morgan fingerprint density at radius 1 is 1.04 bits per heavy atom. The maximum atomic E-state index is 4.81. The van der Waals surface area contributed by atoms with E-state index in [-0.39, 0.29) is 0 Å². The lowest BCUT2D eigenvalue weighted by atomic mass is 10.1. The van der Waals surface area contributed by atoms with Crippen molar-refractivity contribution in [3.63, 3.8) is 0 Å². The van der Waals surface area contributed by atoms with Gasteiger partial charge in [-0.2, -0.15) is 10.2 Å². The molecule has 0 radical (unpaired) electrons. The second-order valence-electron chi connectivity index (χ2n) is 6.68. The molecule has 2 aromatic carbocycles. The van der Waals surface area contributed by atoms with Crippen LogP contribution in [0.2, 0.25) is 0 Å². The topological polar surface area (TPSA) is 35.6 Å². The zero-order valence-electron chi connectivity index (χ0n) is 15.1. The highest BCUT2D eigenvalue weighted by Crippen LogP contribution is 2.29. The van der Waals surface area contributed by atoms with Crippen LogP contribution in [-0.2, 0) is 6.42 Å². The van der Waals surface area contributed by atoms with E-state index in [1.165, 1.54) is 10.9 Å². The lowest BCUT2D eigenvalue weighted by Gasteiger charge is -2.10. The molecule has 4 rings (SSSR count). The monoisotopic (exact) mass is 408 g/mol. The molecule has 0 amide bonds. The number of fused-ring (bicyclic) bond motifs is 1. The van der Waals surface area contributed by atoms with Gasteiger partial charge in [0, 0.05) is 21.5 Å². The fraction of sp³-hybridized carbons (Fsp3) is 0.238. The molecule has 26 heavy (non-hydrogen) atoms. The summed E-state index contributed by atoms with van der Waals surface area (Å²) in [5, 5.41) is 10.6. The van der Waals surface area contributed by atoms with E-state index in [0.717, 1.165) is 33.5 Å². The summed E-state index contributed by atoms with van der Waals surface area (Å²) in [4.78, 5) is 0. The highest BCUT2D eigenvalue weighted by molar-refractivity contribution is 9.10. The van der Waals surface area contributed by atoms with Crippen LogP contribution in [0.5, 0.6) is 0 Å². The molecule has 2 aromatic heterocycles. The molecular formula is C21H21BrN4. The van der Waals surface area contributed by atoms with Crippen LogP contribution in [-0.4, -0.2) is 19.6 Å². The number of halogens is 1. The van der Waals surface area contributed by atoms with Crippen LogP contribution in [0, 0.1) is 0 Å². The van der Waals surface area contributed by atoms with Crippen LogP contribution in [0.15, 0.2) is 59.2 Å². The summed E-state index contributed by atoms with van der Waals surface area (Å²) in [5.74, 6) is 0. The fourth-order valence-corrected chi connectivity index (χ4v) is 3.59. The van der Waals surface area contributed by atoms with Crippen molar-refractivity contribution in [3.05, 3.63) is 64.9 Å². The molecular weight excluding hydrogens is 388 g/mol. The zero-order valence-corrected chi connectivity index (χ0v) is 16.7. The quantitative estimate of drug-likeness (QED) is 0.427. The first-order chi connectivity index (χ1) is 12.6. The van der Waals surface area contributed by atoms with Gasteiger partial charge in [-0.15, -0.1) is 0 Å². The van der Waals surface area contributed by atoms with Gasteiger partial charge in [0.25, 0.3) is 0 Å². The minimum absolute atomic E-state index is 0.324. The van der Waals surface area contributed by atoms with Crippen molar-refractivity contribution in [2.75, 3.05) is 0 Å². The molecule has 0 saturated carbocycles. The van der Waals surface area contributed by atoms with Gasteiger partial charge >= 0.3 is 0 Å². The van der Waals surface area contributed by atoms with E-state index in [1.54, 1.807) is 0 Å². The smallest absolute Gasteiger partial charge is 0.0741 e. The lowest BCUT2D eigenvalue weighted by molar-refractivity contribution is 0.544. The largest absolute Gasteiger partial charge is 0.262 e. The highest BCUT2D eigenvalue weighted by atomic mass is 79.9. The van der Waals surface area contributed by atoms with Gasteiger partial charge in [0.05, 0.1) is 28.8 Å². The van der Waals surface area contributed by atoms with Gasteiger partial charge < -0.3 is 0 Å². The third-order valence-corrected chi connectivity index (χ3v) is 5.15. The van der Waals surface area contributed by atoms with E-state index >= 15 is 0 Å². The third-order valence-electron chi connectivity index (χ3n) is 4.62. The second-order valence-corrected chi connectivity index (χ2v) is 7.59. The Bertz CT molecular complexity index is 1060. The van der Waals surface area contributed by atoms with Gasteiger partial charge in [-0.05, 0) is 56.7 Å². The SMILES string of the molecule is CCc1nn(C(C)C)c2cc(-c3ccnn3-c3ccc(Br)cc3)ccc12. The molecule has 4 aromatic rings. The molecule has 0 saturated heterocycles. The Morgan fingerprint density at radius 2 is 1.81 bits per heavy atom. The molecule has 132 valence electrons. The molecule has 0 aliphatic rings. The predicted molar refractivity (Wildman–Crippen MR) is 110 cm³/mol. The Kier molecular flexibility index (Phi) is 4.41. The van der Waals surface area contributed by atoms with Gasteiger partial charge in [-0.25, -0.2) is 4.68 Å². The Labute approximate surface area is 161 Å². The summed E-state index contributed by atoms with van der Waals surface area (Å²) >= 11 is 3.49. The van der Waals surface area contributed by atoms with Crippen molar-refractivity contribution in [1.29, 1.82) is 0 Å². The number of aryl methyl sites for hydroxylation is 1. The van der Waals surface area contributed by atoms with E-state index in [9.17, 15) is 0 Å². The van der Waals surface area contributed by atoms with E-state index in [4.69, 9.17) is 5.10 Å². The molecule has 2 heterocycles. The first-order valence-electron chi connectivity index (χ1n) is 8.90. The molecule has 5 heteroatoms. The van der Waals surface area contributed by atoms with Crippen LogP contribution in [0.25, 0.3) is 27.8 Å². The van der Waals surface area contributed by atoms with Crippen LogP contribution in [0.4, 0.5) is 0 Å². The van der Waals surface area contributed by atoms with E-state index < -0.39 is 0 Å². The van der Waals surface area contributed by atoms with E-state index in [2.05, 4.69) is 82.9 Å². The number of benzene rings is 2. The van der Waals surface area contributed by atoms with Crippen molar-refractivity contribution in [2.24, 2.45) is 0 Å². The number of rotatable bonds is 4. The first kappa shape index (κ1) is 17.0. The minimum Gasteiger partial charge on any atom is -0.262 e. The van der Waals surface area contributed by atoms with Crippen LogP contribution >= 0.6 is 15.9 Å². The summed E-state index contributed by atoms with van der Waals surface area (Å²) < 4.78 is 5.16. The van der Waals surface area contributed by atoms with Crippen molar-refractivity contribution in [1.82, 2.24) is 19.6 Å². The molecule has 0 unspecified atom stereocenters. The van der Waals surface area contributed by atoms with Gasteiger partial charge in [-0.1, -0.05) is 35.0 Å². The van der Waals surface area contributed by atoms with E-state index in [0.29, 0.717) is 6.04 Å². The van der Waals surface area contributed by atoms with E-state index in [1.807, 2.05) is 23.0 Å². The standard InChI is InChI=1S/C21H21BrN4/c1-4-19-18-10-5-15(13-21(18)25(24-19)14(2)3)20-11-12-23-26(20)17-8-6-16(22)7-9-17/h5-14H,4H2,1-3H3. The van der Waals surface area contributed by atoms with Gasteiger partial charge in [-0.3, -0.25) is 4.68 Å². The van der Waals surface area contributed by atoms with Crippen molar-refractivity contribution in [2.45, 2.75) is 33.2 Å². The third kappa shape index (κ3) is 2.86. The lowest BCUT2D eigenvalue weighted by Crippen LogP contribution is -2.03. The fourth-order valence-electron chi connectivity index (χ4n) is 3.33. The second kappa shape index (κ2) is 6.72. The van der Waals surface area contributed by atoms with Gasteiger partial charge in [0.1, 0.15) is 0 Å². The zero-order chi connectivity index (χ0) is 18.3. The highest BCUT2D eigenvalue weighted by Gasteiger charge is 2.14. The summed E-state index contributed by atoms with van der Waals surface area (Å²) in [6.07, 6.45) is 2.78. The Balaban J connectivity index is 1.87. The maximum absolute atomic E-state index is 4.81. The summed E-state index contributed by atoms with van der Waals surface area (Å²) in [5.41, 5.74) is 5.59. The number of aromatic nitrogens is 4. The number of hydrogen-bond acceptors (Lipinski definition) is 2. The number of hydrogen-bond donors (Lipinski definition) is 0. The molecule has 0 spiro atoms. The normalized spacial score (nSPS) is 11.6. The average Bonchev–Trinajstić information content (AvgIpc) is 3.26. The predicted octanol–water partition coefficient (Wildman–Crippen LogP) is 5.79. The van der Waals surface area contributed by atoms with Crippen molar-refractivity contribution in [3.8, 4) is 16.9 Å². The molecule has 0 aliphatic heterocycles. The molecule has 4 nitrogen and oxygen atoms in total.